The van der Waals surface area contributed by atoms with Crippen molar-refractivity contribution >= 4 is 22.4 Å². The second-order valence-corrected chi connectivity index (χ2v) is 7.98. The van der Waals surface area contributed by atoms with E-state index in [9.17, 15) is 15.3 Å². The van der Waals surface area contributed by atoms with E-state index in [-0.39, 0.29) is 5.75 Å². The molecule has 0 saturated carbocycles. The summed E-state index contributed by atoms with van der Waals surface area (Å²) in [6.07, 6.45) is 5.96. The predicted molar refractivity (Wildman–Crippen MR) is 130 cm³/mol. The molecule has 0 amide bonds. The van der Waals surface area contributed by atoms with E-state index in [4.69, 9.17) is 4.42 Å². The van der Waals surface area contributed by atoms with Crippen molar-refractivity contribution in [1.82, 2.24) is 4.98 Å². The number of hydrogen-bond donors (Lipinski definition) is 3. The van der Waals surface area contributed by atoms with Crippen molar-refractivity contribution in [3.05, 3.63) is 109 Å². The summed E-state index contributed by atoms with van der Waals surface area (Å²) in [7, 11) is 0. The zero-order chi connectivity index (χ0) is 23.2. The Hall–Kier alpha value is -3.67. The van der Waals surface area contributed by atoms with Crippen LogP contribution < -0.4 is 0 Å². The van der Waals surface area contributed by atoms with Gasteiger partial charge in [-0.05, 0) is 65.8 Å². The van der Waals surface area contributed by atoms with Crippen LogP contribution in [0.1, 0.15) is 36.0 Å². The number of benzene rings is 2. The molecule has 2 aromatic carbocycles. The monoisotopic (exact) mass is 441 g/mol. The quantitative estimate of drug-likeness (QED) is 0.288. The standard InChI is InChI=1S/C28H27NO4/c1-2-21(28(32)27-11-7-17-33-27)25(30)15-13-20(24-10-5-6-16-29-24)18-19-12-14-26(31)23-9-4-3-8-22(19)23/h2-12,14,16-18,21,25,28,30-32H,1,13,15H2/b20-18-/t21-,25-,28+/m1/s1. The number of furan rings is 1. The maximum absolute atomic E-state index is 10.9. The van der Waals surface area contributed by atoms with Crippen LogP contribution >= 0.6 is 0 Å². The van der Waals surface area contributed by atoms with E-state index >= 15 is 0 Å². The molecule has 0 bridgehead atoms. The van der Waals surface area contributed by atoms with Crippen molar-refractivity contribution in [3.63, 3.8) is 0 Å². The van der Waals surface area contributed by atoms with E-state index in [1.807, 2.05) is 54.6 Å². The topological polar surface area (TPSA) is 86.7 Å². The number of aliphatic hydroxyl groups excluding tert-OH is 2. The minimum atomic E-state index is -0.976. The number of pyridine rings is 1. The molecule has 168 valence electrons. The first-order valence-corrected chi connectivity index (χ1v) is 10.9. The summed E-state index contributed by atoms with van der Waals surface area (Å²) >= 11 is 0. The van der Waals surface area contributed by atoms with Crippen molar-refractivity contribution in [2.24, 2.45) is 5.92 Å². The van der Waals surface area contributed by atoms with Gasteiger partial charge in [-0.3, -0.25) is 4.98 Å². The lowest BCUT2D eigenvalue weighted by Gasteiger charge is -2.24. The van der Waals surface area contributed by atoms with Gasteiger partial charge in [0.1, 0.15) is 17.6 Å². The zero-order valence-corrected chi connectivity index (χ0v) is 18.2. The Balaban J connectivity index is 1.63. The van der Waals surface area contributed by atoms with Crippen LogP contribution in [0.3, 0.4) is 0 Å². The third-order valence-electron chi connectivity index (χ3n) is 5.88. The molecule has 0 fully saturated rings. The molecule has 3 N–H and O–H groups in total. The summed E-state index contributed by atoms with van der Waals surface area (Å²) in [5.41, 5.74) is 2.71. The van der Waals surface area contributed by atoms with E-state index in [1.165, 1.54) is 6.26 Å². The van der Waals surface area contributed by atoms with Gasteiger partial charge >= 0.3 is 0 Å². The number of aromatic hydroxyl groups is 1. The van der Waals surface area contributed by atoms with E-state index < -0.39 is 18.1 Å². The Morgan fingerprint density at radius 3 is 2.45 bits per heavy atom. The van der Waals surface area contributed by atoms with Gasteiger partial charge in [0.25, 0.3) is 0 Å². The smallest absolute Gasteiger partial charge is 0.132 e. The molecular formula is C28H27NO4. The first kappa shape index (κ1) is 22.5. The van der Waals surface area contributed by atoms with Crippen molar-refractivity contribution < 1.29 is 19.7 Å². The van der Waals surface area contributed by atoms with Crippen LogP contribution in [0.15, 0.2) is 96.3 Å². The van der Waals surface area contributed by atoms with Crippen molar-refractivity contribution in [1.29, 1.82) is 0 Å². The number of aromatic nitrogens is 1. The highest BCUT2D eigenvalue weighted by molar-refractivity contribution is 5.98. The first-order chi connectivity index (χ1) is 16.1. The Morgan fingerprint density at radius 2 is 1.76 bits per heavy atom. The molecule has 0 spiro atoms. The fraction of sp³-hybridized carbons (Fsp3) is 0.179. The number of allylic oxidation sites excluding steroid dienone is 1. The third-order valence-corrected chi connectivity index (χ3v) is 5.88. The molecule has 4 rings (SSSR count). The highest BCUT2D eigenvalue weighted by Gasteiger charge is 2.27. The number of rotatable bonds is 9. The van der Waals surface area contributed by atoms with Crippen LogP contribution in [0.25, 0.3) is 22.4 Å². The second-order valence-electron chi connectivity index (χ2n) is 7.98. The minimum absolute atomic E-state index is 0.235. The molecule has 0 aliphatic rings. The molecule has 0 radical (unpaired) electrons. The average molecular weight is 442 g/mol. The zero-order valence-electron chi connectivity index (χ0n) is 18.2. The van der Waals surface area contributed by atoms with Gasteiger partial charge in [-0.15, -0.1) is 6.58 Å². The average Bonchev–Trinajstić information content (AvgIpc) is 3.39. The van der Waals surface area contributed by atoms with Crippen LogP contribution in [0.2, 0.25) is 0 Å². The molecule has 3 atom stereocenters. The van der Waals surface area contributed by atoms with Crippen LogP contribution in [-0.4, -0.2) is 26.4 Å². The maximum Gasteiger partial charge on any atom is 0.132 e. The summed E-state index contributed by atoms with van der Waals surface area (Å²) in [5.74, 6) is 0.0592. The molecule has 5 nitrogen and oxygen atoms in total. The van der Waals surface area contributed by atoms with E-state index in [1.54, 1.807) is 30.5 Å². The highest BCUT2D eigenvalue weighted by atomic mass is 16.4. The molecule has 5 heteroatoms. The fourth-order valence-electron chi connectivity index (χ4n) is 4.09. The number of nitrogens with zero attached hydrogens (tertiary/aromatic N) is 1. The Bertz CT molecular complexity index is 1230. The Kier molecular flexibility index (Phi) is 7.03. The van der Waals surface area contributed by atoms with Crippen LogP contribution in [0.4, 0.5) is 0 Å². The minimum Gasteiger partial charge on any atom is -0.507 e. The summed E-state index contributed by atoms with van der Waals surface area (Å²) in [6, 6.07) is 20.4. The maximum atomic E-state index is 10.9. The first-order valence-electron chi connectivity index (χ1n) is 10.9. The van der Waals surface area contributed by atoms with E-state index in [2.05, 4.69) is 11.6 Å². The SMILES string of the molecule is C=C[C@H]([C@H](O)CC/C(=C/c1ccc(O)c2ccccc12)c1ccccn1)[C@H](O)c1ccco1. The second kappa shape index (κ2) is 10.3. The molecule has 0 aliphatic carbocycles. The normalized spacial score (nSPS) is 14.7. The van der Waals surface area contributed by atoms with Crippen LogP contribution in [0, 0.1) is 5.92 Å². The van der Waals surface area contributed by atoms with E-state index in [0.717, 1.165) is 27.6 Å². The number of hydrogen-bond acceptors (Lipinski definition) is 5. The highest BCUT2D eigenvalue weighted by Crippen LogP contribution is 2.33. The van der Waals surface area contributed by atoms with Gasteiger partial charge < -0.3 is 19.7 Å². The molecule has 0 aliphatic heterocycles. The number of phenolic OH excluding ortho intramolecular Hbond substituents is 1. The Morgan fingerprint density at radius 1 is 0.970 bits per heavy atom. The van der Waals surface area contributed by atoms with Crippen molar-refractivity contribution in [2.75, 3.05) is 0 Å². The van der Waals surface area contributed by atoms with Gasteiger partial charge in [-0.2, -0.15) is 0 Å². The summed E-state index contributed by atoms with van der Waals surface area (Å²) in [4.78, 5) is 4.51. The third kappa shape index (κ3) is 5.06. The lowest BCUT2D eigenvalue weighted by molar-refractivity contribution is 0.0214. The molecule has 0 unspecified atom stereocenters. The summed E-state index contributed by atoms with van der Waals surface area (Å²) in [5, 5.41) is 33.5. The molecule has 0 saturated heterocycles. The van der Waals surface area contributed by atoms with E-state index in [0.29, 0.717) is 18.6 Å². The van der Waals surface area contributed by atoms with Gasteiger partial charge in [0.2, 0.25) is 0 Å². The molecule has 2 heterocycles. The number of aliphatic hydroxyl groups is 2. The Labute approximate surface area is 193 Å². The number of phenols is 1. The lowest BCUT2D eigenvalue weighted by atomic mass is 9.89. The van der Waals surface area contributed by atoms with Crippen molar-refractivity contribution in [3.8, 4) is 5.75 Å². The predicted octanol–water partition coefficient (Wildman–Crippen LogP) is 5.75. The number of fused-ring (bicyclic) bond motifs is 1. The largest absolute Gasteiger partial charge is 0.507 e. The van der Waals surface area contributed by atoms with Gasteiger partial charge in [0.05, 0.1) is 18.1 Å². The van der Waals surface area contributed by atoms with Gasteiger partial charge in [0, 0.05) is 17.5 Å². The molecular weight excluding hydrogens is 414 g/mol. The summed E-state index contributed by atoms with van der Waals surface area (Å²) < 4.78 is 5.30. The lowest BCUT2D eigenvalue weighted by Crippen LogP contribution is -2.25. The summed E-state index contributed by atoms with van der Waals surface area (Å²) in [6.45, 7) is 3.80. The van der Waals surface area contributed by atoms with Gasteiger partial charge in [-0.1, -0.05) is 42.5 Å². The molecule has 4 aromatic rings. The fourth-order valence-corrected chi connectivity index (χ4v) is 4.09. The van der Waals surface area contributed by atoms with Crippen LogP contribution in [-0.2, 0) is 0 Å². The van der Waals surface area contributed by atoms with Gasteiger partial charge in [-0.25, -0.2) is 0 Å². The van der Waals surface area contributed by atoms with Gasteiger partial charge in [0.15, 0.2) is 0 Å². The molecule has 2 aromatic heterocycles. The van der Waals surface area contributed by atoms with Crippen LogP contribution in [0.5, 0.6) is 5.75 Å². The van der Waals surface area contributed by atoms with Crippen molar-refractivity contribution in [2.45, 2.75) is 25.0 Å². The molecule has 33 heavy (non-hydrogen) atoms.